The third kappa shape index (κ3) is 4.85. The Morgan fingerprint density at radius 2 is 1.79 bits per heavy atom. The van der Waals surface area contributed by atoms with Crippen LogP contribution in [0.25, 0.3) is 11.0 Å². The van der Waals surface area contributed by atoms with Gasteiger partial charge in [-0.1, -0.05) is 0 Å². The van der Waals surface area contributed by atoms with Crippen LogP contribution in [0.15, 0.2) is 42.5 Å². The summed E-state index contributed by atoms with van der Waals surface area (Å²) >= 11 is 1.16. The number of aromatic nitrogens is 3. The standard InChI is InChI=1S/C23H22FN5O3S/c1-4-29-14(3)26-18-11-15(5-10-19(18)29)22(30)27-28-23(31)21-13(2)25-20(33-21)12-32-17-8-6-16(24)7-9-17/h5-11H,4,12H2,1-3H3,(H,27,30)(H,28,31). The lowest BCUT2D eigenvalue weighted by Gasteiger charge is -2.07. The van der Waals surface area contributed by atoms with Crippen LogP contribution in [0, 0.1) is 19.7 Å². The minimum atomic E-state index is -0.474. The van der Waals surface area contributed by atoms with Crippen molar-refractivity contribution in [3.8, 4) is 5.75 Å². The van der Waals surface area contributed by atoms with Crippen LogP contribution < -0.4 is 15.6 Å². The molecular weight excluding hydrogens is 445 g/mol. The molecular formula is C23H22FN5O3S. The number of aryl methyl sites for hydroxylation is 3. The summed E-state index contributed by atoms with van der Waals surface area (Å²) in [5.41, 5.74) is 7.44. The van der Waals surface area contributed by atoms with Crippen LogP contribution in [-0.2, 0) is 13.2 Å². The molecule has 2 N–H and O–H groups in total. The van der Waals surface area contributed by atoms with Crippen LogP contribution in [0.1, 0.15) is 43.5 Å². The molecule has 0 fully saturated rings. The SMILES string of the molecule is CCn1c(C)nc2cc(C(=O)NNC(=O)c3sc(COc4ccc(F)cc4)nc3C)ccc21. The first-order chi connectivity index (χ1) is 15.9. The normalized spacial score (nSPS) is 10.9. The molecule has 2 aromatic heterocycles. The number of benzene rings is 2. The molecule has 0 atom stereocenters. The highest BCUT2D eigenvalue weighted by atomic mass is 32.1. The Bertz CT molecular complexity index is 1330. The smallest absolute Gasteiger partial charge is 0.281 e. The summed E-state index contributed by atoms with van der Waals surface area (Å²) in [5.74, 6) is 0.102. The Morgan fingerprint density at radius 3 is 2.52 bits per heavy atom. The number of amides is 2. The maximum absolute atomic E-state index is 13.0. The number of ether oxygens (including phenoxy) is 1. The number of hydrogen-bond donors (Lipinski definition) is 2. The number of hydrogen-bond acceptors (Lipinski definition) is 6. The summed E-state index contributed by atoms with van der Waals surface area (Å²) in [6.07, 6.45) is 0. The van der Waals surface area contributed by atoms with Gasteiger partial charge in [0.05, 0.1) is 16.7 Å². The summed E-state index contributed by atoms with van der Waals surface area (Å²) in [5, 5.41) is 0.584. The van der Waals surface area contributed by atoms with E-state index in [4.69, 9.17) is 4.74 Å². The first kappa shape index (κ1) is 22.4. The van der Waals surface area contributed by atoms with Gasteiger partial charge in [-0.2, -0.15) is 0 Å². The molecule has 0 aliphatic carbocycles. The Balaban J connectivity index is 1.37. The van der Waals surface area contributed by atoms with Crippen molar-refractivity contribution in [3.05, 3.63) is 75.2 Å². The first-order valence-electron chi connectivity index (χ1n) is 10.3. The van der Waals surface area contributed by atoms with Gasteiger partial charge in [-0.3, -0.25) is 20.4 Å². The molecule has 170 valence electrons. The predicted molar refractivity (Wildman–Crippen MR) is 123 cm³/mol. The number of nitrogens with one attached hydrogen (secondary N) is 2. The molecule has 0 saturated heterocycles. The fourth-order valence-electron chi connectivity index (χ4n) is 3.43. The number of imidazole rings is 1. The fourth-order valence-corrected chi connectivity index (χ4v) is 4.31. The van der Waals surface area contributed by atoms with Gasteiger partial charge in [0.2, 0.25) is 0 Å². The zero-order valence-corrected chi connectivity index (χ0v) is 19.1. The zero-order chi connectivity index (χ0) is 23.5. The van der Waals surface area contributed by atoms with Crippen molar-refractivity contribution in [1.82, 2.24) is 25.4 Å². The van der Waals surface area contributed by atoms with E-state index in [0.29, 0.717) is 26.9 Å². The molecule has 10 heteroatoms. The Kier molecular flexibility index (Phi) is 6.36. The number of halogens is 1. The highest BCUT2D eigenvalue weighted by molar-refractivity contribution is 7.13. The molecule has 4 rings (SSSR count). The van der Waals surface area contributed by atoms with E-state index in [1.165, 1.54) is 24.3 Å². The van der Waals surface area contributed by atoms with Gasteiger partial charge in [0, 0.05) is 12.1 Å². The van der Waals surface area contributed by atoms with Gasteiger partial charge in [-0.05, 0) is 63.2 Å². The van der Waals surface area contributed by atoms with Crippen molar-refractivity contribution in [2.75, 3.05) is 0 Å². The van der Waals surface area contributed by atoms with Gasteiger partial charge >= 0.3 is 0 Å². The quantitative estimate of drug-likeness (QED) is 0.419. The zero-order valence-electron chi connectivity index (χ0n) is 18.3. The van der Waals surface area contributed by atoms with Gasteiger partial charge in [0.15, 0.2) is 0 Å². The number of hydrazine groups is 1. The van der Waals surface area contributed by atoms with E-state index in [1.54, 1.807) is 19.1 Å². The number of thiazole rings is 1. The van der Waals surface area contributed by atoms with Crippen molar-refractivity contribution in [2.24, 2.45) is 0 Å². The minimum Gasteiger partial charge on any atom is -0.486 e. The van der Waals surface area contributed by atoms with Crippen LogP contribution in [0.2, 0.25) is 0 Å². The highest BCUT2D eigenvalue weighted by Crippen LogP contribution is 2.21. The maximum Gasteiger partial charge on any atom is 0.281 e. The molecule has 4 aromatic rings. The molecule has 33 heavy (non-hydrogen) atoms. The van der Waals surface area contributed by atoms with Gasteiger partial charge in [0.1, 0.15) is 33.9 Å². The average Bonchev–Trinajstić information content (AvgIpc) is 3.34. The summed E-state index contributed by atoms with van der Waals surface area (Å²) in [6, 6.07) is 10.9. The van der Waals surface area contributed by atoms with Crippen molar-refractivity contribution in [1.29, 1.82) is 0 Å². The number of nitrogens with zero attached hydrogens (tertiary/aromatic N) is 3. The van der Waals surface area contributed by atoms with E-state index in [0.717, 1.165) is 34.7 Å². The van der Waals surface area contributed by atoms with Crippen LogP contribution >= 0.6 is 11.3 Å². The lowest BCUT2D eigenvalue weighted by Crippen LogP contribution is -2.41. The molecule has 8 nitrogen and oxygen atoms in total. The molecule has 0 radical (unpaired) electrons. The molecule has 2 amide bonds. The van der Waals surface area contributed by atoms with E-state index >= 15 is 0 Å². The lowest BCUT2D eigenvalue weighted by molar-refractivity contribution is 0.0848. The largest absolute Gasteiger partial charge is 0.486 e. The third-order valence-corrected chi connectivity index (χ3v) is 6.16. The van der Waals surface area contributed by atoms with E-state index in [2.05, 4.69) is 25.4 Å². The first-order valence-corrected chi connectivity index (χ1v) is 11.1. The van der Waals surface area contributed by atoms with Crippen LogP contribution in [0.3, 0.4) is 0 Å². The molecule has 0 saturated carbocycles. The number of carbonyl (C=O) groups is 2. The van der Waals surface area contributed by atoms with Crippen LogP contribution in [0.4, 0.5) is 4.39 Å². The van der Waals surface area contributed by atoms with Gasteiger partial charge in [0.25, 0.3) is 11.8 Å². The monoisotopic (exact) mass is 467 g/mol. The topological polar surface area (TPSA) is 98.1 Å². The van der Waals surface area contributed by atoms with Crippen LogP contribution in [0.5, 0.6) is 5.75 Å². The molecule has 2 aromatic carbocycles. The van der Waals surface area contributed by atoms with Crippen molar-refractivity contribution < 1.29 is 18.7 Å². The lowest BCUT2D eigenvalue weighted by atomic mass is 10.2. The Morgan fingerprint density at radius 1 is 1.06 bits per heavy atom. The molecule has 0 bridgehead atoms. The van der Waals surface area contributed by atoms with Gasteiger partial charge in [-0.25, -0.2) is 14.4 Å². The third-order valence-electron chi connectivity index (χ3n) is 5.03. The van der Waals surface area contributed by atoms with Crippen LogP contribution in [-0.4, -0.2) is 26.3 Å². The van der Waals surface area contributed by atoms with Gasteiger partial charge < -0.3 is 9.30 Å². The molecule has 0 spiro atoms. The van der Waals surface area contributed by atoms with Crippen molar-refractivity contribution in [3.63, 3.8) is 0 Å². The highest BCUT2D eigenvalue weighted by Gasteiger charge is 2.17. The van der Waals surface area contributed by atoms with Gasteiger partial charge in [-0.15, -0.1) is 11.3 Å². The minimum absolute atomic E-state index is 0.139. The molecule has 0 aliphatic rings. The molecule has 2 heterocycles. The van der Waals surface area contributed by atoms with Crippen molar-refractivity contribution in [2.45, 2.75) is 33.9 Å². The fraction of sp³-hybridized carbons (Fsp3) is 0.217. The second-order valence-corrected chi connectivity index (χ2v) is 8.36. The number of rotatable bonds is 6. The maximum atomic E-state index is 13.0. The Hall–Kier alpha value is -3.79. The number of carbonyl (C=O) groups excluding carboxylic acids is 2. The Labute approximate surface area is 193 Å². The average molecular weight is 468 g/mol. The number of fused-ring (bicyclic) bond motifs is 1. The van der Waals surface area contributed by atoms with E-state index in [-0.39, 0.29) is 12.4 Å². The summed E-state index contributed by atoms with van der Waals surface area (Å²) in [7, 11) is 0. The van der Waals surface area contributed by atoms with E-state index in [9.17, 15) is 14.0 Å². The second kappa shape index (κ2) is 9.37. The second-order valence-electron chi connectivity index (χ2n) is 7.28. The van der Waals surface area contributed by atoms with E-state index in [1.807, 2.05) is 19.9 Å². The van der Waals surface area contributed by atoms with Crippen molar-refractivity contribution >= 4 is 34.2 Å². The molecule has 0 aliphatic heterocycles. The molecule has 0 unspecified atom stereocenters. The summed E-state index contributed by atoms with van der Waals surface area (Å²) in [4.78, 5) is 34.3. The van der Waals surface area contributed by atoms with E-state index < -0.39 is 11.8 Å². The summed E-state index contributed by atoms with van der Waals surface area (Å²) in [6.45, 7) is 6.58. The predicted octanol–water partition coefficient (Wildman–Crippen LogP) is 3.92. The summed E-state index contributed by atoms with van der Waals surface area (Å²) < 4.78 is 20.6.